The van der Waals surface area contributed by atoms with Gasteiger partial charge in [-0.05, 0) is 19.3 Å². The van der Waals surface area contributed by atoms with Gasteiger partial charge in [0.15, 0.2) is 0 Å². The molecule has 0 saturated heterocycles. The molecule has 0 aromatic heterocycles. The smallest absolute Gasteiger partial charge is 0.0685 e. The second kappa shape index (κ2) is 44.9. The van der Waals surface area contributed by atoms with Crippen molar-refractivity contribution in [3.05, 3.63) is 0 Å². The molecule has 290 valence electrons. The lowest BCUT2D eigenvalue weighted by Gasteiger charge is -2.22. The first-order valence-corrected chi connectivity index (χ1v) is 23.2. The van der Waals surface area contributed by atoms with Crippen LogP contribution in [-0.2, 0) is 4.84 Å². The summed E-state index contributed by atoms with van der Waals surface area (Å²) < 4.78 is 0. The zero-order valence-electron chi connectivity index (χ0n) is 34.3. The van der Waals surface area contributed by atoms with Crippen LogP contribution in [0.3, 0.4) is 0 Å². The number of hydrogen-bond acceptors (Lipinski definition) is 2. The molecule has 0 aliphatic carbocycles. The summed E-state index contributed by atoms with van der Waals surface area (Å²) in [6.45, 7) is 10.2. The van der Waals surface area contributed by atoms with Crippen LogP contribution < -0.4 is 0 Å². The number of hydrogen-bond donors (Lipinski definition) is 0. The summed E-state index contributed by atoms with van der Waals surface area (Å²) >= 11 is 0. The monoisotopic (exact) mass is 678 g/mol. The van der Waals surface area contributed by atoms with Gasteiger partial charge in [-0.1, -0.05) is 258 Å². The van der Waals surface area contributed by atoms with Crippen molar-refractivity contribution in [3.8, 4) is 0 Å². The standard InChI is InChI=1S/C46H95NO/c1-4-7-10-13-16-19-22-25-26-27-28-30-33-36-39-42-45-47(44-41-38-35-32-29-23-20-17-14-11-8-5-2)48-46-43-40-37-34-31-24-21-18-15-12-9-6-3/h4-46H2,1-3H3. The fourth-order valence-corrected chi connectivity index (χ4v) is 7.34. The summed E-state index contributed by atoms with van der Waals surface area (Å²) in [5, 5.41) is 2.37. The van der Waals surface area contributed by atoms with Crippen molar-refractivity contribution in [2.24, 2.45) is 0 Å². The minimum Gasteiger partial charge on any atom is -0.299 e. The Morgan fingerprint density at radius 2 is 0.417 bits per heavy atom. The van der Waals surface area contributed by atoms with Crippen molar-refractivity contribution in [1.29, 1.82) is 0 Å². The zero-order chi connectivity index (χ0) is 34.7. The third-order valence-corrected chi connectivity index (χ3v) is 10.8. The van der Waals surface area contributed by atoms with Crippen LogP contribution in [0.15, 0.2) is 0 Å². The highest BCUT2D eigenvalue weighted by atomic mass is 16.7. The Bertz CT molecular complexity index is 536. The Morgan fingerprint density at radius 1 is 0.229 bits per heavy atom. The summed E-state index contributed by atoms with van der Waals surface area (Å²) in [4.78, 5) is 6.39. The highest BCUT2D eigenvalue weighted by Crippen LogP contribution is 2.16. The van der Waals surface area contributed by atoms with Crippen molar-refractivity contribution in [2.75, 3.05) is 19.7 Å². The average Bonchev–Trinajstić information content (AvgIpc) is 3.10. The topological polar surface area (TPSA) is 12.5 Å². The lowest BCUT2D eigenvalue weighted by Crippen LogP contribution is -2.27. The van der Waals surface area contributed by atoms with Gasteiger partial charge in [-0.2, -0.15) is 5.06 Å². The van der Waals surface area contributed by atoms with Gasteiger partial charge < -0.3 is 0 Å². The fraction of sp³-hybridized carbons (Fsp3) is 1.00. The molecule has 0 radical (unpaired) electrons. The molecular weight excluding hydrogens is 583 g/mol. The van der Waals surface area contributed by atoms with Gasteiger partial charge in [-0.3, -0.25) is 4.84 Å². The Labute approximate surface area is 306 Å². The molecule has 0 atom stereocenters. The van der Waals surface area contributed by atoms with Crippen molar-refractivity contribution in [1.82, 2.24) is 5.06 Å². The zero-order valence-corrected chi connectivity index (χ0v) is 34.3. The van der Waals surface area contributed by atoms with Gasteiger partial charge in [0.05, 0.1) is 6.61 Å². The number of unbranched alkanes of at least 4 members (excludes halogenated alkanes) is 37. The first-order valence-electron chi connectivity index (χ1n) is 23.2. The second-order valence-corrected chi connectivity index (χ2v) is 15.8. The SMILES string of the molecule is CCCCCCCCCCCCCCCCCCN(CCCCCCCCCCCCCC)OCCCCCCCCCCCCCC. The van der Waals surface area contributed by atoms with Crippen molar-refractivity contribution < 1.29 is 4.84 Å². The van der Waals surface area contributed by atoms with E-state index in [2.05, 4.69) is 25.8 Å². The predicted octanol–water partition coefficient (Wildman–Crippen LogP) is 16.9. The van der Waals surface area contributed by atoms with E-state index in [1.807, 2.05) is 0 Å². The highest BCUT2D eigenvalue weighted by molar-refractivity contribution is 4.55. The minimum absolute atomic E-state index is 0.939. The van der Waals surface area contributed by atoms with Gasteiger partial charge in [0.2, 0.25) is 0 Å². The number of rotatable bonds is 44. The fourth-order valence-electron chi connectivity index (χ4n) is 7.34. The van der Waals surface area contributed by atoms with Gasteiger partial charge in [0, 0.05) is 13.1 Å². The molecule has 0 aromatic rings. The molecule has 2 nitrogen and oxygen atoms in total. The van der Waals surface area contributed by atoms with E-state index in [4.69, 9.17) is 4.84 Å². The maximum atomic E-state index is 6.39. The normalized spacial score (nSPS) is 11.8. The van der Waals surface area contributed by atoms with E-state index in [9.17, 15) is 0 Å². The van der Waals surface area contributed by atoms with Gasteiger partial charge in [-0.15, -0.1) is 0 Å². The molecule has 48 heavy (non-hydrogen) atoms. The van der Waals surface area contributed by atoms with Crippen LogP contribution in [0.25, 0.3) is 0 Å². The van der Waals surface area contributed by atoms with E-state index in [1.165, 1.54) is 257 Å². The number of hydroxylamine groups is 2. The molecule has 0 aliphatic rings. The van der Waals surface area contributed by atoms with Crippen molar-refractivity contribution >= 4 is 0 Å². The Kier molecular flexibility index (Phi) is 44.9. The third kappa shape index (κ3) is 42.1. The van der Waals surface area contributed by atoms with Gasteiger partial charge in [0.1, 0.15) is 0 Å². The molecule has 0 fully saturated rings. The van der Waals surface area contributed by atoms with Crippen LogP contribution in [0.4, 0.5) is 0 Å². The Hall–Kier alpha value is -0.0800. The van der Waals surface area contributed by atoms with Crippen LogP contribution >= 0.6 is 0 Å². The molecule has 0 heterocycles. The second-order valence-electron chi connectivity index (χ2n) is 15.8. The van der Waals surface area contributed by atoms with Crippen molar-refractivity contribution in [3.63, 3.8) is 0 Å². The molecule has 0 N–H and O–H groups in total. The van der Waals surface area contributed by atoms with Gasteiger partial charge in [-0.25, -0.2) is 0 Å². The van der Waals surface area contributed by atoms with Crippen LogP contribution in [0.5, 0.6) is 0 Å². The first kappa shape index (κ1) is 47.9. The molecule has 0 unspecified atom stereocenters. The summed E-state index contributed by atoms with van der Waals surface area (Å²) in [6, 6.07) is 0. The Morgan fingerprint density at radius 3 is 0.646 bits per heavy atom. The van der Waals surface area contributed by atoms with Crippen LogP contribution in [0.1, 0.15) is 278 Å². The lowest BCUT2D eigenvalue weighted by molar-refractivity contribution is -0.161. The highest BCUT2D eigenvalue weighted by Gasteiger charge is 2.06. The first-order chi connectivity index (χ1) is 23.8. The molecule has 0 aliphatic heterocycles. The maximum absolute atomic E-state index is 6.39. The van der Waals surface area contributed by atoms with Crippen LogP contribution in [0, 0.1) is 0 Å². The van der Waals surface area contributed by atoms with Crippen LogP contribution in [-0.4, -0.2) is 24.8 Å². The van der Waals surface area contributed by atoms with E-state index in [1.54, 1.807) is 0 Å². The van der Waals surface area contributed by atoms with Gasteiger partial charge >= 0.3 is 0 Å². The molecule has 0 rings (SSSR count). The molecule has 0 saturated carbocycles. The third-order valence-electron chi connectivity index (χ3n) is 10.8. The summed E-state index contributed by atoms with van der Waals surface area (Å²) in [5.41, 5.74) is 0. The summed E-state index contributed by atoms with van der Waals surface area (Å²) in [5.74, 6) is 0. The number of nitrogens with zero attached hydrogens (tertiary/aromatic N) is 1. The summed E-state index contributed by atoms with van der Waals surface area (Å²) in [7, 11) is 0. The molecule has 2 heteroatoms. The lowest BCUT2D eigenvalue weighted by atomic mass is 10.0. The van der Waals surface area contributed by atoms with E-state index >= 15 is 0 Å². The van der Waals surface area contributed by atoms with Gasteiger partial charge in [0.25, 0.3) is 0 Å². The van der Waals surface area contributed by atoms with Crippen LogP contribution in [0.2, 0.25) is 0 Å². The quantitative estimate of drug-likeness (QED) is 0.0470. The van der Waals surface area contributed by atoms with Crippen molar-refractivity contribution in [2.45, 2.75) is 278 Å². The largest absolute Gasteiger partial charge is 0.299 e. The molecular formula is C46H95NO. The predicted molar refractivity (Wildman–Crippen MR) is 219 cm³/mol. The molecule has 0 bridgehead atoms. The Balaban J connectivity index is 3.90. The maximum Gasteiger partial charge on any atom is 0.0685 e. The molecule has 0 spiro atoms. The van der Waals surface area contributed by atoms with E-state index in [-0.39, 0.29) is 0 Å². The molecule has 0 aromatic carbocycles. The summed E-state index contributed by atoms with van der Waals surface area (Å²) in [6.07, 6.45) is 57.1. The van der Waals surface area contributed by atoms with E-state index in [0.717, 1.165) is 19.7 Å². The van der Waals surface area contributed by atoms with E-state index < -0.39 is 0 Å². The minimum atomic E-state index is 0.939. The molecule has 0 amide bonds. The van der Waals surface area contributed by atoms with E-state index in [0.29, 0.717) is 0 Å². The average molecular weight is 678 g/mol.